The second-order valence-corrected chi connectivity index (χ2v) is 2.56. The fraction of sp³-hybridized carbons (Fsp3) is 1.00. The predicted octanol–water partition coefficient (Wildman–Crippen LogP) is 1.44. The van der Waals surface area contributed by atoms with Gasteiger partial charge in [-0.2, -0.15) is 0 Å². The fourth-order valence-corrected chi connectivity index (χ4v) is 0. The van der Waals surface area contributed by atoms with Crippen LogP contribution in [0, 0.1) is 0 Å². The summed E-state index contributed by atoms with van der Waals surface area (Å²) in [5.74, 6) is 0. The van der Waals surface area contributed by atoms with E-state index < -0.39 is 0 Å². The summed E-state index contributed by atoms with van der Waals surface area (Å²) < 4.78 is 1.51. The average molecular weight is 142 g/mol. The summed E-state index contributed by atoms with van der Waals surface area (Å²) in [6, 6.07) is 0. The van der Waals surface area contributed by atoms with Crippen molar-refractivity contribution in [2.24, 2.45) is 0 Å². The molecule has 0 aromatic heterocycles. The van der Waals surface area contributed by atoms with E-state index in [2.05, 4.69) is 6.92 Å². The minimum Gasteiger partial charge on any atom is -0.269 e. The van der Waals surface area contributed by atoms with Crippen molar-refractivity contribution in [1.82, 2.24) is 0 Å². The maximum atomic E-state index is 2.23. The van der Waals surface area contributed by atoms with Crippen LogP contribution in [-0.4, -0.2) is 49.0 Å². The van der Waals surface area contributed by atoms with E-state index >= 15 is 0 Å². The van der Waals surface area contributed by atoms with Gasteiger partial charge < -0.3 is 0 Å². The molecule has 0 saturated heterocycles. The van der Waals surface area contributed by atoms with Crippen molar-refractivity contribution in [3.05, 3.63) is 0 Å². The number of hydrogen-bond acceptors (Lipinski definition) is 0. The first-order valence-electron chi connectivity index (χ1n) is 1.91. The normalized spacial score (nSPS) is 4.43. The molecule has 0 aliphatic carbocycles. The van der Waals surface area contributed by atoms with Crippen molar-refractivity contribution in [2.75, 3.05) is 0 Å². The Kier molecular flexibility index (Phi) is 88.5. The Morgan fingerprint density at radius 1 is 1.14 bits per heavy atom. The molecular formula is C3H10F3K. The summed E-state index contributed by atoms with van der Waals surface area (Å²) in [7, 11) is 0. The van der Waals surface area contributed by atoms with Gasteiger partial charge in [-0.3, -0.25) is 14.1 Å². The van der Waals surface area contributed by atoms with Crippen LogP contribution in [0.15, 0.2) is 0 Å². The summed E-state index contributed by atoms with van der Waals surface area (Å²) in [5.41, 5.74) is 0. The van der Waals surface area contributed by atoms with Crippen LogP contribution in [0.3, 0.4) is 0 Å². The van der Waals surface area contributed by atoms with Crippen LogP contribution in [0.4, 0.5) is 14.1 Å². The predicted molar refractivity (Wildman–Crippen MR) is 28.4 cm³/mol. The molecule has 4 heteroatoms. The second-order valence-electron chi connectivity index (χ2n) is 1.000. The zero-order chi connectivity index (χ0) is 3.41. The SMILES string of the molecule is CC[CH2][K].F.F.F. The minimum absolute atomic E-state index is 0. The van der Waals surface area contributed by atoms with E-state index in [-0.39, 0.29) is 14.1 Å². The van der Waals surface area contributed by atoms with Gasteiger partial charge >= 0.3 is 62.8 Å². The molecule has 0 N–H and O–H groups in total. The Hall–Kier alpha value is 1.43. The third-order valence-electron chi connectivity index (χ3n) is 0.500. The Morgan fingerprint density at radius 3 is 1.29 bits per heavy atom. The monoisotopic (exact) mass is 142 g/mol. The van der Waals surface area contributed by atoms with E-state index in [1.54, 1.807) is 0 Å². The third kappa shape index (κ3) is 37.1. The van der Waals surface area contributed by atoms with Crippen molar-refractivity contribution < 1.29 is 14.1 Å². The second kappa shape index (κ2) is 26.1. The van der Waals surface area contributed by atoms with Gasteiger partial charge in [-0.1, -0.05) is 0 Å². The van der Waals surface area contributed by atoms with E-state index in [1.165, 1.54) is 6.94 Å². The van der Waals surface area contributed by atoms with Crippen LogP contribution in [0.25, 0.3) is 0 Å². The molecular weight excluding hydrogens is 132 g/mol. The molecule has 0 bridgehead atoms. The summed E-state index contributed by atoms with van der Waals surface area (Å²) in [4.78, 5) is 0. The molecule has 0 spiro atoms. The van der Waals surface area contributed by atoms with Crippen molar-refractivity contribution in [1.29, 1.82) is 0 Å². The smallest absolute Gasteiger partial charge is 0.269 e. The molecule has 0 aromatic rings. The Balaban J connectivity index is -0.0000000150. The van der Waals surface area contributed by atoms with Crippen molar-refractivity contribution >= 4 is 49.0 Å². The van der Waals surface area contributed by atoms with E-state index in [0.29, 0.717) is 0 Å². The van der Waals surface area contributed by atoms with Crippen LogP contribution < -0.4 is 0 Å². The molecule has 0 aliphatic rings. The summed E-state index contributed by atoms with van der Waals surface area (Å²) in [6.45, 7) is 2.23. The van der Waals surface area contributed by atoms with Gasteiger partial charge in [-0.05, 0) is 0 Å². The zero-order valence-electron chi connectivity index (χ0n) is 4.64. The average Bonchev–Trinajstić information content (AvgIpc) is 1.37. The Bertz CT molecular complexity index is 12.1. The fourth-order valence-electron chi connectivity index (χ4n) is 0. The molecule has 0 fully saturated rings. The number of hydrogen-bond donors (Lipinski definition) is 0. The molecule has 0 aliphatic heterocycles. The maximum absolute atomic E-state index is 2.23. The van der Waals surface area contributed by atoms with Gasteiger partial charge in [-0.25, -0.2) is 0 Å². The first kappa shape index (κ1) is 23.7. The van der Waals surface area contributed by atoms with Gasteiger partial charge in [0.2, 0.25) is 0 Å². The summed E-state index contributed by atoms with van der Waals surface area (Å²) in [6.07, 6.45) is 1.40. The number of halogens is 3. The molecule has 0 rings (SSSR count). The molecule has 0 aromatic carbocycles. The summed E-state index contributed by atoms with van der Waals surface area (Å²) >= 11 is 1.11. The van der Waals surface area contributed by atoms with Gasteiger partial charge in [-0.15, -0.1) is 0 Å². The number of rotatable bonds is 1. The van der Waals surface area contributed by atoms with E-state index in [4.69, 9.17) is 0 Å². The van der Waals surface area contributed by atoms with Crippen LogP contribution >= 0.6 is 0 Å². The van der Waals surface area contributed by atoms with E-state index in [9.17, 15) is 0 Å². The molecule has 0 atom stereocenters. The zero-order valence-corrected chi connectivity index (χ0v) is 7.76. The van der Waals surface area contributed by atoms with Gasteiger partial charge in [0.05, 0.1) is 0 Å². The van der Waals surface area contributed by atoms with E-state index in [1.807, 2.05) is 0 Å². The van der Waals surface area contributed by atoms with Crippen LogP contribution in [0.5, 0.6) is 0 Å². The van der Waals surface area contributed by atoms with Crippen LogP contribution in [0.2, 0.25) is 0.515 Å². The van der Waals surface area contributed by atoms with Crippen LogP contribution in [-0.2, 0) is 0 Å². The molecule has 0 amide bonds. The molecule has 0 saturated carbocycles. The van der Waals surface area contributed by atoms with Gasteiger partial charge in [0.25, 0.3) is 0 Å². The van der Waals surface area contributed by atoms with Crippen molar-refractivity contribution in [3.8, 4) is 0 Å². The van der Waals surface area contributed by atoms with E-state index in [0.717, 1.165) is 49.0 Å². The van der Waals surface area contributed by atoms with Crippen molar-refractivity contribution in [2.45, 2.75) is 13.9 Å². The largest absolute Gasteiger partial charge is 0.269 e. The van der Waals surface area contributed by atoms with Crippen LogP contribution in [0.1, 0.15) is 13.3 Å². The van der Waals surface area contributed by atoms with Gasteiger partial charge in [0.1, 0.15) is 0 Å². The molecule has 0 radical (unpaired) electrons. The minimum atomic E-state index is 0. The third-order valence-corrected chi connectivity index (χ3v) is 2.06. The topological polar surface area (TPSA) is 0 Å². The molecule has 44 valence electrons. The maximum Gasteiger partial charge on any atom is -0.269 e. The standard InChI is InChI=1S/C3H7.3FH.K/c1-3-2;;;;/h1,3H2,2H3;3*1H;. The molecule has 0 unspecified atom stereocenters. The first-order valence-corrected chi connectivity index (χ1v) is 4.12. The molecule has 7 heavy (non-hydrogen) atoms. The quantitative estimate of drug-likeness (QED) is 0.486. The first-order chi connectivity index (χ1) is 1.91. The molecule has 0 heterocycles. The van der Waals surface area contributed by atoms with Gasteiger partial charge in [0, 0.05) is 0 Å². The van der Waals surface area contributed by atoms with Crippen molar-refractivity contribution in [3.63, 3.8) is 0 Å². The molecule has 0 nitrogen and oxygen atoms in total. The Labute approximate surface area is 75.7 Å². The summed E-state index contributed by atoms with van der Waals surface area (Å²) in [5, 5.41) is 0. The Morgan fingerprint density at radius 2 is 1.29 bits per heavy atom. The van der Waals surface area contributed by atoms with Gasteiger partial charge in [0.15, 0.2) is 0 Å².